The van der Waals surface area contributed by atoms with E-state index in [0.29, 0.717) is 23.6 Å². The molecule has 0 saturated heterocycles. The molecule has 0 aliphatic heterocycles. The standard InChI is InChI=1S/C17H18BrClN4O2S/c1-22-14-13(15(24)21-16(22)25)23(10-11-5-4-6-12(18)9-11)17(20-14)26-8-3-2-7-19/h4-6,9H,2-3,7-8,10H2,1H3,(H,21,24,25). The number of aromatic nitrogens is 4. The van der Waals surface area contributed by atoms with Gasteiger partial charge in [-0.2, -0.15) is 0 Å². The van der Waals surface area contributed by atoms with Crippen LogP contribution in [0.15, 0.2) is 43.5 Å². The number of imidazole rings is 1. The molecule has 138 valence electrons. The number of alkyl halides is 1. The summed E-state index contributed by atoms with van der Waals surface area (Å²) in [6.07, 6.45) is 1.89. The number of benzene rings is 1. The van der Waals surface area contributed by atoms with E-state index in [0.717, 1.165) is 33.8 Å². The lowest BCUT2D eigenvalue weighted by molar-refractivity contribution is 0.726. The molecule has 1 aromatic carbocycles. The molecule has 0 aliphatic carbocycles. The van der Waals surface area contributed by atoms with Gasteiger partial charge in [0.25, 0.3) is 5.56 Å². The van der Waals surface area contributed by atoms with Gasteiger partial charge in [-0.05, 0) is 30.5 Å². The Morgan fingerprint density at radius 3 is 2.85 bits per heavy atom. The zero-order valence-electron chi connectivity index (χ0n) is 14.2. The van der Waals surface area contributed by atoms with Crippen LogP contribution in [0.25, 0.3) is 11.2 Å². The first kappa shape index (κ1) is 19.3. The third-order valence-electron chi connectivity index (χ3n) is 3.96. The Morgan fingerprint density at radius 2 is 2.12 bits per heavy atom. The van der Waals surface area contributed by atoms with Crippen LogP contribution in [0.3, 0.4) is 0 Å². The summed E-state index contributed by atoms with van der Waals surface area (Å²) in [7, 11) is 1.61. The summed E-state index contributed by atoms with van der Waals surface area (Å²) >= 11 is 10.8. The lowest BCUT2D eigenvalue weighted by Gasteiger charge is -2.09. The highest BCUT2D eigenvalue weighted by molar-refractivity contribution is 9.10. The largest absolute Gasteiger partial charge is 0.329 e. The van der Waals surface area contributed by atoms with Gasteiger partial charge in [0.2, 0.25) is 0 Å². The van der Waals surface area contributed by atoms with Crippen LogP contribution in [-0.2, 0) is 13.6 Å². The zero-order chi connectivity index (χ0) is 18.7. The fraction of sp³-hybridized carbons (Fsp3) is 0.353. The minimum Gasteiger partial charge on any atom is -0.309 e. The molecule has 0 saturated carbocycles. The molecule has 0 unspecified atom stereocenters. The van der Waals surface area contributed by atoms with Gasteiger partial charge in [0, 0.05) is 23.2 Å². The van der Waals surface area contributed by atoms with Crippen molar-refractivity contribution in [2.75, 3.05) is 11.6 Å². The number of halogens is 2. The molecule has 6 nitrogen and oxygen atoms in total. The first-order chi connectivity index (χ1) is 12.5. The van der Waals surface area contributed by atoms with E-state index in [9.17, 15) is 9.59 Å². The minimum absolute atomic E-state index is 0.397. The van der Waals surface area contributed by atoms with Gasteiger partial charge in [0.1, 0.15) is 0 Å². The average Bonchev–Trinajstić information content (AvgIpc) is 2.96. The summed E-state index contributed by atoms with van der Waals surface area (Å²) in [5.74, 6) is 1.48. The van der Waals surface area contributed by atoms with Crippen molar-refractivity contribution in [3.05, 3.63) is 55.1 Å². The molecule has 0 aliphatic rings. The second-order valence-corrected chi connectivity index (χ2v) is 8.20. The van der Waals surface area contributed by atoms with Gasteiger partial charge in [-0.25, -0.2) is 9.78 Å². The molecule has 9 heteroatoms. The van der Waals surface area contributed by atoms with E-state index in [1.54, 1.807) is 18.8 Å². The van der Waals surface area contributed by atoms with Crippen LogP contribution in [0.1, 0.15) is 18.4 Å². The smallest absolute Gasteiger partial charge is 0.309 e. The molecule has 26 heavy (non-hydrogen) atoms. The number of fused-ring (bicyclic) bond motifs is 1. The number of unbranched alkanes of at least 4 members (excludes halogenated alkanes) is 1. The van der Waals surface area contributed by atoms with Crippen LogP contribution in [0.5, 0.6) is 0 Å². The minimum atomic E-state index is -0.465. The van der Waals surface area contributed by atoms with Crippen molar-refractivity contribution in [2.45, 2.75) is 24.5 Å². The molecule has 2 heterocycles. The summed E-state index contributed by atoms with van der Waals surface area (Å²) in [4.78, 5) is 31.3. The maximum atomic E-state index is 12.5. The summed E-state index contributed by atoms with van der Waals surface area (Å²) in [5, 5.41) is 0.723. The van der Waals surface area contributed by atoms with E-state index in [2.05, 4.69) is 25.9 Å². The monoisotopic (exact) mass is 456 g/mol. The Labute approximate surface area is 167 Å². The molecule has 3 rings (SSSR count). The van der Waals surface area contributed by atoms with E-state index in [-0.39, 0.29) is 0 Å². The summed E-state index contributed by atoms with van der Waals surface area (Å²) in [6, 6.07) is 7.90. The van der Waals surface area contributed by atoms with Crippen LogP contribution in [-0.4, -0.2) is 30.7 Å². The van der Waals surface area contributed by atoms with Crippen molar-refractivity contribution in [3.63, 3.8) is 0 Å². The Balaban J connectivity index is 2.08. The zero-order valence-corrected chi connectivity index (χ0v) is 17.3. The van der Waals surface area contributed by atoms with Crippen molar-refractivity contribution < 1.29 is 0 Å². The predicted octanol–water partition coefficient (Wildman–Crippen LogP) is 3.35. The number of aryl methyl sites for hydroxylation is 1. The second-order valence-electron chi connectivity index (χ2n) is 5.85. The van der Waals surface area contributed by atoms with Gasteiger partial charge >= 0.3 is 5.69 Å². The van der Waals surface area contributed by atoms with E-state index in [1.807, 2.05) is 28.8 Å². The summed E-state index contributed by atoms with van der Waals surface area (Å²) in [6.45, 7) is 0.495. The number of hydrogen-bond acceptors (Lipinski definition) is 4. The molecule has 2 aromatic heterocycles. The molecule has 3 aromatic rings. The lowest BCUT2D eigenvalue weighted by atomic mass is 10.2. The predicted molar refractivity (Wildman–Crippen MR) is 110 cm³/mol. The van der Waals surface area contributed by atoms with E-state index < -0.39 is 11.2 Å². The topological polar surface area (TPSA) is 72.7 Å². The number of nitrogens with one attached hydrogen (secondary N) is 1. The van der Waals surface area contributed by atoms with Crippen molar-refractivity contribution in [1.29, 1.82) is 0 Å². The summed E-state index contributed by atoms with van der Waals surface area (Å²) in [5.41, 5.74) is 0.960. The van der Waals surface area contributed by atoms with Gasteiger partial charge in [0.15, 0.2) is 16.3 Å². The SMILES string of the molecule is Cn1c(=O)[nH]c(=O)c2c1nc(SCCCCCl)n2Cc1cccc(Br)c1. The van der Waals surface area contributed by atoms with Crippen molar-refractivity contribution in [2.24, 2.45) is 7.05 Å². The molecule has 0 atom stereocenters. The van der Waals surface area contributed by atoms with Gasteiger partial charge in [-0.3, -0.25) is 14.3 Å². The molecule has 0 radical (unpaired) electrons. The van der Waals surface area contributed by atoms with Crippen LogP contribution < -0.4 is 11.2 Å². The molecule has 0 fully saturated rings. The fourth-order valence-electron chi connectivity index (χ4n) is 2.65. The fourth-order valence-corrected chi connectivity index (χ4v) is 4.28. The van der Waals surface area contributed by atoms with Crippen molar-refractivity contribution in [1.82, 2.24) is 19.1 Å². The van der Waals surface area contributed by atoms with Gasteiger partial charge in [-0.1, -0.05) is 39.8 Å². The van der Waals surface area contributed by atoms with Crippen LogP contribution in [0, 0.1) is 0 Å². The van der Waals surface area contributed by atoms with E-state index in [4.69, 9.17) is 11.6 Å². The maximum absolute atomic E-state index is 12.5. The third-order valence-corrected chi connectivity index (χ3v) is 5.78. The molecular formula is C17H18BrClN4O2S. The lowest BCUT2D eigenvalue weighted by Crippen LogP contribution is -2.29. The highest BCUT2D eigenvalue weighted by atomic mass is 79.9. The Hall–Kier alpha value is -1.51. The molecule has 0 amide bonds. The molecular weight excluding hydrogens is 440 g/mol. The average molecular weight is 458 g/mol. The quantitative estimate of drug-likeness (QED) is 0.335. The van der Waals surface area contributed by atoms with Crippen LogP contribution in [0.4, 0.5) is 0 Å². The van der Waals surface area contributed by atoms with Crippen molar-refractivity contribution in [3.8, 4) is 0 Å². The first-order valence-corrected chi connectivity index (χ1v) is 10.5. The Kier molecular flexibility index (Phi) is 6.26. The van der Waals surface area contributed by atoms with E-state index in [1.165, 1.54) is 4.57 Å². The number of thioether (sulfide) groups is 1. The second kappa shape index (κ2) is 8.45. The normalized spacial score (nSPS) is 11.3. The number of H-pyrrole nitrogens is 1. The van der Waals surface area contributed by atoms with Crippen LogP contribution in [0.2, 0.25) is 0 Å². The van der Waals surface area contributed by atoms with Gasteiger partial charge in [0.05, 0.1) is 6.54 Å². The first-order valence-electron chi connectivity index (χ1n) is 8.14. The number of aromatic amines is 1. The third kappa shape index (κ3) is 4.07. The Bertz CT molecular complexity index is 1040. The van der Waals surface area contributed by atoms with Crippen molar-refractivity contribution >= 4 is 50.5 Å². The summed E-state index contributed by atoms with van der Waals surface area (Å²) < 4.78 is 4.22. The van der Waals surface area contributed by atoms with Gasteiger partial charge in [-0.15, -0.1) is 11.6 Å². The molecule has 0 spiro atoms. The highest BCUT2D eigenvalue weighted by Gasteiger charge is 2.18. The molecule has 1 N–H and O–H groups in total. The van der Waals surface area contributed by atoms with E-state index >= 15 is 0 Å². The number of rotatable bonds is 7. The highest BCUT2D eigenvalue weighted by Crippen LogP contribution is 2.24. The number of nitrogens with zero attached hydrogens (tertiary/aromatic N) is 3. The van der Waals surface area contributed by atoms with Gasteiger partial charge < -0.3 is 4.57 Å². The maximum Gasteiger partial charge on any atom is 0.329 e. The van der Waals surface area contributed by atoms with Crippen LogP contribution >= 0.6 is 39.3 Å². The number of hydrogen-bond donors (Lipinski definition) is 1. The Morgan fingerprint density at radius 1 is 1.31 bits per heavy atom. The molecule has 0 bridgehead atoms.